The Kier molecular flexibility index (Phi) is 6.97. The van der Waals surface area contributed by atoms with E-state index in [4.69, 9.17) is 4.98 Å². The summed E-state index contributed by atoms with van der Waals surface area (Å²) in [5, 5.41) is 2.48. The van der Waals surface area contributed by atoms with Crippen LogP contribution in [0.3, 0.4) is 0 Å². The van der Waals surface area contributed by atoms with Crippen molar-refractivity contribution < 1.29 is 0 Å². The predicted octanol–water partition coefficient (Wildman–Crippen LogP) is 11.8. The standard InChI is InChI=1S/C43H40N2/c1-42(2,3)34-22-18-29(19-23-34)31-26-32(30-20-24-35(25-21-30)43(4,5)6)28-33(27-31)38-14-11-17-41(44-38)45-39-15-9-7-12-36(39)37-13-8-10-16-40(37)45/h7-28H,1-6H3. The van der Waals surface area contributed by atoms with Crippen LogP contribution in [0.15, 0.2) is 133 Å². The smallest absolute Gasteiger partial charge is 0.138 e. The molecule has 0 spiro atoms. The van der Waals surface area contributed by atoms with Crippen molar-refractivity contribution in [2.45, 2.75) is 52.4 Å². The van der Waals surface area contributed by atoms with Crippen LogP contribution in [-0.2, 0) is 10.8 Å². The summed E-state index contributed by atoms with van der Waals surface area (Å²) in [5.74, 6) is 0.918. The fourth-order valence-electron chi connectivity index (χ4n) is 6.31. The lowest BCUT2D eigenvalue weighted by atomic mass is 9.85. The van der Waals surface area contributed by atoms with Gasteiger partial charge in [0.15, 0.2) is 0 Å². The molecular formula is C43H40N2. The molecule has 0 aliphatic rings. The zero-order valence-electron chi connectivity index (χ0n) is 27.1. The van der Waals surface area contributed by atoms with Crippen LogP contribution in [0.25, 0.3) is 61.1 Å². The molecule has 7 aromatic rings. The fraction of sp³-hybridized carbons (Fsp3) is 0.186. The van der Waals surface area contributed by atoms with Gasteiger partial charge in [-0.2, -0.15) is 0 Å². The van der Waals surface area contributed by atoms with Gasteiger partial charge in [-0.3, -0.25) is 4.57 Å². The molecule has 7 rings (SSSR count). The molecule has 0 unspecified atom stereocenters. The summed E-state index contributed by atoms with van der Waals surface area (Å²) < 4.78 is 2.29. The summed E-state index contributed by atoms with van der Waals surface area (Å²) in [4.78, 5) is 5.31. The maximum atomic E-state index is 5.31. The van der Waals surface area contributed by atoms with E-state index in [0.29, 0.717) is 0 Å². The van der Waals surface area contributed by atoms with Gasteiger partial charge in [0.1, 0.15) is 5.82 Å². The molecule has 2 nitrogen and oxygen atoms in total. The lowest BCUT2D eigenvalue weighted by molar-refractivity contribution is 0.590. The number of hydrogen-bond acceptors (Lipinski definition) is 1. The van der Waals surface area contributed by atoms with Crippen LogP contribution < -0.4 is 0 Å². The topological polar surface area (TPSA) is 17.8 Å². The van der Waals surface area contributed by atoms with Gasteiger partial charge in [-0.25, -0.2) is 4.98 Å². The molecule has 0 bridgehead atoms. The normalized spacial score (nSPS) is 12.2. The summed E-state index contributed by atoms with van der Waals surface area (Å²) in [6.07, 6.45) is 0. The molecule has 0 fully saturated rings. The number of pyridine rings is 1. The van der Waals surface area contributed by atoms with Crippen LogP contribution in [0, 0.1) is 0 Å². The van der Waals surface area contributed by atoms with Crippen LogP contribution in [0.1, 0.15) is 52.7 Å². The van der Waals surface area contributed by atoms with Gasteiger partial charge in [-0.05, 0) is 86.7 Å². The number of rotatable bonds is 4. The molecule has 0 aliphatic carbocycles. The Morgan fingerprint density at radius 1 is 0.422 bits per heavy atom. The van der Waals surface area contributed by atoms with E-state index in [1.807, 2.05) is 0 Å². The first kappa shape index (κ1) is 28.8. The average molecular weight is 585 g/mol. The Balaban J connectivity index is 1.39. The number of para-hydroxylation sites is 2. The summed E-state index contributed by atoms with van der Waals surface area (Å²) in [6.45, 7) is 13.6. The van der Waals surface area contributed by atoms with E-state index in [-0.39, 0.29) is 10.8 Å². The number of nitrogens with zero attached hydrogens (tertiary/aromatic N) is 2. The molecule has 222 valence electrons. The SMILES string of the molecule is CC(C)(C)c1ccc(-c2cc(-c3ccc(C(C)(C)C)cc3)cc(-c3cccc(-n4c5ccccc5c5ccccc54)n3)c2)cc1. The van der Waals surface area contributed by atoms with Gasteiger partial charge in [-0.15, -0.1) is 0 Å². The highest BCUT2D eigenvalue weighted by molar-refractivity contribution is 6.09. The van der Waals surface area contributed by atoms with E-state index >= 15 is 0 Å². The van der Waals surface area contributed by atoms with Crippen molar-refractivity contribution in [3.8, 4) is 39.3 Å². The lowest BCUT2D eigenvalue weighted by Crippen LogP contribution is -2.10. The van der Waals surface area contributed by atoms with Crippen LogP contribution in [0.4, 0.5) is 0 Å². The number of hydrogen-bond donors (Lipinski definition) is 0. The van der Waals surface area contributed by atoms with Crippen molar-refractivity contribution in [2.75, 3.05) is 0 Å². The van der Waals surface area contributed by atoms with Crippen molar-refractivity contribution in [1.82, 2.24) is 9.55 Å². The van der Waals surface area contributed by atoms with E-state index in [9.17, 15) is 0 Å². The van der Waals surface area contributed by atoms with E-state index in [1.54, 1.807) is 0 Å². The summed E-state index contributed by atoms with van der Waals surface area (Å²) in [5.41, 5.74) is 12.0. The number of benzene rings is 5. The first-order valence-electron chi connectivity index (χ1n) is 15.9. The van der Waals surface area contributed by atoms with Gasteiger partial charge in [0.05, 0.1) is 16.7 Å². The van der Waals surface area contributed by atoms with E-state index in [2.05, 4.69) is 180 Å². The summed E-state index contributed by atoms with van der Waals surface area (Å²) in [7, 11) is 0. The summed E-state index contributed by atoms with van der Waals surface area (Å²) >= 11 is 0. The highest BCUT2D eigenvalue weighted by atomic mass is 15.1. The largest absolute Gasteiger partial charge is 0.294 e. The average Bonchev–Trinajstić information content (AvgIpc) is 3.38. The molecule has 0 radical (unpaired) electrons. The van der Waals surface area contributed by atoms with Gasteiger partial charge >= 0.3 is 0 Å². The second-order valence-electron chi connectivity index (χ2n) is 14.2. The van der Waals surface area contributed by atoms with Crippen molar-refractivity contribution in [1.29, 1.82) is 0 Å². The maximum Gasteiger partial charge on any atom is 0.138 e. The minimum atomic E-state index is 0.109. The Bertz CT molecular complexity index is 2020. The van der Waals surface area contributed by atoms with Crippen molar-refractivity contribution in [2.24, 2.45) is 0 Å². The molecule has 2 heteroatoms. The molecule has 0 amide bonds. The van der Waals surface area contributed by atoms with E-state index in [0.717, 1.165) is 28.1 Å². The third-order valence-corrected chi connectivity index (χ3v) is 8.94. The summed E-state index contributed by atoms with van der Waals surface area (Å²) in [6, 6.07) is 48.6. The molecule has 0 atom stereocenters. The highest BCUT2D eigenvalue weighted by Gasteiger charge is 2.17. The van der Waals surface area contributed by atoms with Crippen LogP contribution in [0.2, 0.25) is 0 Å². The van der Waals surface area contributed by atoms with Crippen molar-refractivity contribution in [3.05, 3.63) is 145 Å². The van der Waals surface area contributed by atoms with Crippen molar-refractivity contribution >= 4 is 21.8 Å². The van der Waals surface area contributed by atoms with Crippen molar-refractivity contribution in [3.63, 3.8) is 0 Å². The van der Waals surface area contributed by atoms with Crippen LogP contribution >= 0.6 is 0 Å². The first-order chi connectivity index (χ1) is 21.6. The molecular weight excluding hydrogens is 544 g/mol. The maximum absolute atomic E-state index is 5.31. The van der Waals surface area contributed by atoms with Gasteiger partial charge in [0.2, 0.25) is 0 Å². The third kappa shape index (κ3) is 5.46. The Morgan fingerprint density at radius 2 is 0.867 bits per heavy atom. The molecule has 0 N–H and O–H groups in total. The quantitative estimate of drug-likeness (QED) is 0.201. The molecule has 2 aromatic heterocycles. The van der Waals surface area contributed by atoms with E-state index < -0.39 is 0 Å². The molecule has 0 saturated carbocycles. The fourth-order valence-corrected chi connectivity index (χ4v) is 6.31. The predicted molar refractivity (Wildman–Crippen MR) is 192 cm³/mol. The number of aromatic nitrogens is 2. The molecule has 45 heavy (non-hydrogen) atoms. The molecule has 0 saturated heterocycles. The third-order valence-electron chi connectivity index (χ3n) is 8.94. The molecule has 5 aromatic carbocycles. The molecule has 2 heterocycles. The van der Waals surface area contributed by atoms with Gasteiger partial charge in [0.25, 0.3) is 0 Å². The zero-order valence-corrected chi connectivity index (χ0v) is 27.1. The highest BCUT2D eigenvalue weighted by Crippen LogP contribution is 2.36. The Hall–Kier alpha value is -4.95. The first-order valence-corrected chi connectivity index (χ1v) is 15.9. The van der Waals surface area contributed by atoms with Crippen LogP contribution in [0.5, 0.6) is 0 Å². The molecule has 0 aliphatic heterocycles. The van der Waals surface area contributed by atoms with Crippen LogP contribution in [-0.4, -0.2) is 9.55 Å². The monoisotopic (exact) mass is 584 g/mol. The van der Waals surface area contributed by atoms with Gasteiger partial charge in [0, 0.05) is 16.3 Å². The number of fused-ring (bicyclic) bond motifs is 3. The minimum absolute atomic E-state index is 0.109. The van der Waals surface area contributed by atoms with E-state index in [1.165, 1.54) is 44.2 Å². The van der Waals surface area contributed by atoms with Gasteiger partial charge in [-0.1, -0.05) is 133 Å². The second-order valence-corrected chi connectivity index (χ2v) is 14.2. The minimum Gasteiger partial charge on any atom is -0.294 e. The van der Waals surface area contributed by atoms with Gasteiger partial charge < -0.3 is 0 Å². The Morgan fingerprint density at radius 3 is 1.33 bits per heavy atom. The second kappa shape index (κ2) is 10.9. The lowest BCUT2D eigenvalue weighted by Gasteiger charge is -2.20. The zero-order chi connectivity index (χ0) is 31.3. The Labute approximate surface area is 267 Å².